The van der Waals surface area contributed by atoms with E-state index in [-0.39, 0.29) is 5.91 Å². The van der Waals surface area contributed by atoms with Crippen molar-refractivity contribution < 1.29 is 9.59 Å². The maximum Gasteiger partial charge on any atom is 0.251 e. The Kier molecular flexibility index (Phi) is 4.45. The van der Waals surface area contributed by atoms with E-state index in [1.165, 1.54) is 11.8 Å². The Hall–Kier alpha value is -3.06. The molecule has 2 N–H and O–H groups in total. The maximum absolute atomic E-state index is 12.8. The summed E-state index contributed by atoms with van der Waals surface area (Å²) in [5, 5.41) is 9.96. The third kappa shape index (κ3) is 3.46. The molecule has 0 saturated carbocycles. The van der Waals surface area contributed by atoms with Crippen molar-refractivity contribution in [1.29, 1.82) is 0 Å². The van der Waals surface area contributed by atoms with E-state index < -0.39 is 10.7 Å². The van der Waals surface area contributed by atoms with E-state index in [2.05, 4.69) is 15.7 Å². The van der Waals surface area contributed by atoms with Gasteiger partial charge in [0.05, 0.1) is 12.2 Å². The molecule has 2 aromatic carbocycles. The molecule has 3 aromatic rings. The molecule has 0 saturated heterocycles. The summed E-state index contributed by atoms with van der Waals surface area (Å²) in [5.41, 5.74) is 1.84. The zero-order valence-corrected chi connectivity index (χ0v) is 15.5. The van der Waals surface area contributed by atoms with E-state index in [0.717, 1.165) is 16.1 Å². The molecule has 1 aromatic heterocycles. The molecule has 0 fully saturated rings. The summed E-state index contributed by atoms with van der Waals surface area (Å²) < 4.78 is 0.480. The average molecular weight is 378 g/mol. The minimum Gasteiger partial charge on any atom is -0.323 e. The number of benzene rings is 2. The first kappa shape index (κ1) is 17.4. The number of para-hydroxylation sites is 1. The molecule has 4 rings (SSSR count). The number of anilines is 2. The number of carbonyl (C=O) groups excluding carboxylic acids is 2. The summed E-state index contributed by atoms with van der Waals surface area (Å²) in [6.45, 7) is 2.23. The van der Waals surface area contributed by atoms with Crippen molar-refractivity contribution >= 4 is 35.1 Å². The van der Waals surface area contributed by atoms with Gasteiger partial charge in [-0.2, -0.15) is 5.10 Å². The summed E-state index contributed by atoms with van der Waals surface area (Å²) in [5.74, 6) is -0.318. The highest BCUT2D eigenvalue weighted by Gasteiger charge is 2.46. The predicted molar refractivity (Wildman–Crippen MR) is 106 cm³/mol. The van der Waals surface area contributed by atoms with E-state index in [4.69, 9.17) is 0 Å². The van der Waals surface area contributed by atoms with E-state index in [1.54, 1.807) is 23.9 Å². The second kappa shape index (κ2) is 6.92. The third-order valence-corrected chi connectivity index (χ3v) is 5.74. The minimum atomic E-state index is -1.27. The Morgan fingerprint density at radius 3 is 2.70 bits per heavy atom. The number of rotatable bonds is 4. The quantitative estimate of drug-likeness (QED) is 0.683. The van der Waals surface area contributed by atoms with Crippen molar-refractivity contribution in [1.82, 2.24) is 9.78 Å². The number of nitrogens with zero attached hydrogens (tertiary/aromatic N) is 2. The molecule has 6 nitrogen and oxygen atoms in total. The van der Waals surface area contributed by atoms with Gasteiger partial charge in [-0.25, -0.2) is 0 Å². The Morgan fingerprint density at radius 2 is 1.89 bits per heavy atom. The monoisotopic (exact) mass is 378 g/mol. The van der Waals surface area contributed by atoms with Gasteiger partial charge in [0.1, 0.15) is 0 Å². The van der Waals surface area contributed by atoms with Crippen LogP contribution < -0.4 is 10.6 Å². The van der Waals surface area contributed by atoms with Crippen LogP contribution in [0.25, 0.3) is 0 Å². The summed E-state index contributed by atoms with van der Waals surface area (Å²) in [4.78, 5) is 26.2. The van der Waals surface area contributed by atoms with Crippen molar-refractivity contribution in [3.8, 4) is 0 Å². The van der Waals surface area contributed by atoms with Crippen LogP contribution in [0.2, 0.25) is 0 Å². The highest BCUT2D eigenvalue weighted by molar-refractivity contribution is 8.02. The highest BCUT2D eigenvalue weighted by Crippen LogP contribution is 2.42. The summed E-state index contributed by atoms with van der Waals surface area (Å²) >= 11 is 1.25. The molecule has 136 valence electrons. The zero-order chi connectivity index (χ0) is 18.9. The molecule has 0 radical (unpaired) electrons. The first-order chi connectivity index (χ1) is 13.0. The first-order valence-electron chi connectivity index (χ1n) is 8.53. The molecular formula is C20H18N4O2S. The molecule has 2 amide bonds. The molecule has 1 atom stereocenters. The maximum atomic E-state index is 12.8. The number of hydrogen-bond donors (Lipinski definition) is 2. The van der Waals surface area contributed by atoms with Gasteiger partial charge >= 0.3 is 0 Å². The van der Waals surface area contributed by atoms with Crippen LogP contribution in [0.15, 0.2) is 71.8 Å². The van der Waals surface area contributed by atoms with Gasteiger partial charge in [-0.05, 0) is 24.6 Å². The van der Waals surface area contributed by atoms with Crippen LogP contribution in [0.1, 0.15) is 12.5 Å². The minimum absolute atomic E-state index is 0.340. The van der Waals surface area contributed by atoms with Crippen LogP contribution in [0.3, 0.4) is 0 Å². The van der Waals surface area contributed by atoms with Gasteiger partial charge < -0.3 is 10.6 Å². The molecule has 2 heterocycles. The van der Waals surface area contributed by atoms with Crippen molar-refractivity contribution in [3.63, 3.8) is 0 Å². The van der Waals surface area contributed by atoms with Crippen LogP contribution in [0, 0.1) is 0 Å². The molecule has 7 heteroatoms. The predicted octanol–water partition coefficient (Wildman–Crippen LogP) is 3.37. The summed E-state index contributed by atoms with van der Waals surface area (Å²) in [6, 6.07) is 19.1. The van der Waals surface area contributed by atoms with Gasteiger partial charge in [-0.3, -0.25) is 14.3 Å². The molecule has 1 unspecified atom stereocenters. The largest absolute Gasteiger partial charge is 0.323 e. The number of thioether (sulfide) groups is 1. The standard InChI is InChI=1S/C20H18N4O2S/c1-20(18(25)21-15-9-5-6-10-16(15)27-20)19(26)22-17-11-12-24(23-17)13-14-7-3-2-4-8-14/h2-12H,13H2,1H3,(H,21,25)(H,22,23,26). The van der Waals surface area contributed by atoms with Crippen molar-refractivity contribution in [2.45, 2.75) is 23.1 Å². The van der Waals surface area contributed by atoms with Crippen molar-refractivity contribution in [3.05, 3.63) is 72.4 Å². The fourth-order valence-corrected chi connectivity index (χ4v) is 3.94. The molecule has 27 heavy (non-hydrogen) atoms. The van der Waals surface area contributed by atoms with Gasteiger partial charge in [0, 0.05) is 17.2 Å². The SMILES string of the molecule is CC1(C(=O)Nc2ccn(Cc3ccccc3)n2)Sc2ccccc2NC1=O. The van der Waals surface area contributed by atoms with E-state index in [1.807, 2.05) is 54.6 Å². The lowest BCUT2D eigenvalue weighted by Crippen LogP contribution is -2.49. The molecule has 0 bridgehead atoms. The van der Waals surface area contributed by atoms with Crippen LogP contribution in [0.5, 0.6) is 0 Å². The number of aromatic nitrogens is 2. The summed E-state index contributed by atoms with van der Waals surface area (Å²) in [6.07, 6.45) is 1.80. The topological polar surface area (TPSA) is 76.0 Å². The lowest BCUT2D eigenvalue weighted by atomic mass is 10.1. The van der Waals surface area contributed by atoms with Gasteiger partial charge in [0.2, 0.25) is 5.91 Å². The second-order valence-electron chi connectivity index (χ2n) is 6.42. The van der Waals surface area contributed by atoms with E-state index in [0.29, 0.717) is 12.4 Å². The normalized spacial score (nSPS) is 18.5. The number of fused-ring (bicyclic) bond motifs is 1. The smallest absolute Gasteiger partial charge is 0.251 e. The molecule has 0 aliphatic carbocycles. The zero-order valence-electron chi connectivity index (χ0n) is 14.7. The highest BCUT2D eigenvalue weighted by atomic mass is 32.2. The number of carbonyl (C=O) groups is 2. The Balaban J connectivity index is 1.48. The second-order valence-corrected chi connectivity index (χ2v) is 7.88. The fraction of sp³-hybridized carbons (Fsp3) is 0.150. The Labute approximate surface area is 161 Å². The van der Waals surface area contributed by atoms with Gasteiger partial charge in [-0.1, -0.05) is 54.2 Å². The number of hydrogen-bond acceptors (Lipinski definition) is 4. The van der Waals surface area contributed by atoms with Gasteiger partial charge in [0.25, 0.3) is 5.91 Å². The molecule has 1 aliphatic heterocycles. The number of amides is 2. The number of nitrogens with one attached hydrogen (secondary N) is 2. The van der Waals surface area contributed by atoms with Crippen LogP contribution in [0.4, 0.5) is 11.5 Å². The van der Waals surface area contributed by atoms with Gasteiger partial charge in [0.15, 0.2) is 10.6 Å². The van der Waals surface area contributed by atoms with Crippen LogP contribution in [-0.2, 0) is 16.1 Å². The third-order valence-electron chi connectivity index (χ3n) is 4.39. The van der Waals surface area contributed by atoms with Crippen molar-refractivity contribution in [2.24, 2.45) is 0 Å². The van der Waals surface area contributed by atoms with E-state index in [9.17, 15) is 9.59 Å². The van der Waals surface area contributed by atoms with Gasteiger partial charge in [-0.15, -0.1) is 0 Å². The average Bonchev–Trinajstić information content (AvgIpc) is 3.10. The molecule has 1 aliphatic rings. The van der Waals surface area contributed by atoms with Crippen molar-refractivity contribution in [2.75, 3.05) is 10.6 Å². The fourth-order valence-electron chi connectivity index (χ4n) is 2.84. The van der Waals surface area contributed by atoms with Crippen LogP contribution >= 0.6 is 11.8 Å². The molecular weight excluding hydrogens is 360 g/mol. The van der Waals surface area contributed by atoms with Crippen LogP contribution in [-0.4, -0.2) is 26.3 Å². The first-order valence-corrected chi connectivity index (χ1v) is 9.34. The van der Waals surface area contributed by atoms with E-state index >= 15 is 0 Å². The summed E-state index contributed by atoms with van der Waals surface area (Å²) in [7, 11) is 0. The molecule has 0 spiro atoms. The Bertz CT molecular complexity index is 1000. The lowest BCUT2D eigenvalue weighted by molar-refractivity contribution is -0.126. The lowest BCUT2D eigenvalue weighted by Gasteiger charge is -2.31. The Morgan fingerprint density at radius 1 is 1.15 bits per heavy atom.